The van der Waals surface area contributed by atoms with E-state index < -0.39 is 4.92 Å². The Morgan fingerprint density at radius 1 is 1.60 bits per heavy atom. The van der Waals surface area contributed by atoms with Gasteiger partial charge in [0.15, 0.2) is 0 Å². The third-order valence-electron chi connectivity index (χ3n) is 2.80. The molecular formula is C13H12N4O2S. The second-order valence-electron chi connectivity index (χ2n) is 4.25. The number of nitro benzene ring substituents is 1. The van der Waals surface area contributed by atoms with Gasteiger partial charge >= 0.3 is 0 Å². The fourth-order valence-electron chi connectivity index (χ4n) is 1.73. The molecule has 2 aromatic rings. The number of nitriles is 1. The first-order valence-electron chi connectivity index (χ1n) is 5.93. The molecule has 0 amide bonds. The number of anilines is 1. The third-order valence-corrected chi connectivity index (χ3v) is 3.80. The number of hydrogen-bond acceptors (Lipinski definition) is 6. The van der Waals surface area contributed by atoms with E-state index in [0.717, 1.165) is 5.01 Å². The van der Waals surface area contributed by atoms with Crippen molar-refractivity contribution in [1.29, 1.82) is 5.26 Å². The lowest BCUT2D eigenvalue weighted by atomic mass is 10.1. The standard InChI is InChI=1S/C13H12N4O2S/c1-9(13-15-4-5-20-13)8-16-11-3-2-10(7-14)6-12(11)17(18)19/h2-6,9,16H,8H2,1H3. The van der Waals surface area contributed by atoms with Gasteiger partial charge in [-0.3, -0.25) is 10.1 Å². The molecule has 7 heteroatoms. The number of nitrogens with one attached hydrogen (secondary N) is 1. The number of hydrogen-bond donors (Lipinski definition) is 1. The largest absolute Gasteiger partial charge is 0.379 e. The highest BCUT2D eigenvalue weighted by atomic mass is 32.1. The molecule has 0 radical (unpaired) electrons. The van der Waals surface area contributed by atoms with Gasteiger partial charge in [-0.05, 0) is 12.1 Å². The smallest absolute Gasteiger partial charge is 0.293 e. The van der Waals surface area contributed by atoms with Crippen LogP contribution in [0.1, 0.15) is 23.4 Å². The maximum Gasteiger partial charge on any atom is 0.293 e. The van der Waals surface area contributed by atoms with Crippen LogP contribution in [-0.2, 0) is 0 Å². The van der Waals surface area contributed by atoms with Crippen molar-refractivity contribution in [3.63, 3.8) is 0 Å². The molecule has 1 atom stereocenters. The zero-order valence-corrected chi connectivity index (χ0v) is 11.6. The summed E-state index contributed by atoms with van der Waals surface area (Å²) in [6, 6.07) is 6.29. The van der Waals surface area contributed by atoms with Crippen LogP contribution < -0.4 is 5.32 Å². The first-order chi connectivity index (χ1) is 9.61. The molecule has 1 aromatic heterocycles. The molecular weight excluding hydrogens is 276 g/mol. The highest BCUT2D eigenvalue weighted by molar-refractivity contribution is 7.09. The zero-order chi connectivity index (χ0) is 14.5. The van der Waals surface area contributed by atoms with Crippen molar-refractivity contribution >= 4 is 22.7 Å². The maximum absolute atomic E-state index is 11.0. The number of benzene rings is 1. The fraction of sp³-hybridized carbons (Fsp3) is 0.231. The van der Waals surface area contributed by atoms with E-state index >= 15 is 0 Å². The predicted molar refractivity (Wildman–Crippen MR) is 76.8 cm³/mol. The van der Waals surface area contributed by atoms with Crippen molar-refractivity contribution < 1.29 is 4.92 Å². The van der Waals surface area contributed by atoms with Crippen LogP contribution in [0.2, 0.25) is 0 Å². The third kappa shape index (κ3) is 3.10. The Morgan fingerprint density at radius 2 is 2.40 bits per heavy atom. The van der Waals surface area contributed by atoms with Crippen LogP contribution in [0.3, 0.4) is 0 Å². The first kappa shape index (κ1) is 14.0. The zero-order valence-electron chi connectivity index (χ0n) is 10.7. The molecule has 0 aliphatic heterocycles. The maximum atomic E-state index is 11.0. The van der Waals surface area contributed by atoms with Crippen LogP contribution in [0.4, 0.5) is 11.4 Å². The van der Waals surface area contributed by atoms with Gasteiger partial charge < -0.3 is 5.32 Å². The van der Waals surface area contributed by atoms with Crippen molar-refractivity contribution in [3.05, 3.63) is 50.5 Å². The summed E-state index contributed by atoms with van der Waals surface area (Å²) in [5.41, 5.74) is 0.600. The molecule has 0 spiro atoms. The average Bonchev–Trinajstić information content (AvgIpc) is 2.98. The molecule has 1 unspecified atom stereocenters. The van der Waals surface area contributed by atoms with Crippen LogP contribution in [0.5, 0.6) is 0 Å². The molecule has 2 rings (SSSR count). The van der Waals surface area contributed by atoms with Gasteiger partial charge in [-0.2, -0.15) is 5.26 Å². The Balaban J connectivity index is 2.13. The van der Waals surface area contributed by atoms with Crippen molar-refractivity contribution in [2.45, 2.75) is 12.8 Å². The summed E-state index contributed by atoms with van der Waals surface area (Å²) in [6.45, 7) is 2.54. The highest BCUT2D eigenvalue weighted by Gasteiger charge is 2.16. The van der Waals surface area contributed by atoms with Gasteiger partial charge in [0.25, 0.3) is 5.69 Å². The van der Waals surface area contributed by atoms with Gasteiger partial charge in [-0.15, -0.1) is 11.3 Å². The molecule has 0 bridgehead atoms. The molecule has 0 saturated heterocycles. The fourth-order valence-corrected chi connectivity index (χ4v) is 2.43. The number of aromatic nitrogens is 1. The Morgan fingerprint density at radius 3 is 3.00 bits per heavy atom. The minimum Gasteiger partial charge on any atom is -0.379 e. The van der Waals surface area contributed by atoms with E-state index in [9.17, 15) is 10.1 Å². The summed E-state index contributed by atoms with van der Waals surface area (Å²) in [5.74, 6) is 0.158. The molecule has 1 heterocycles. The molecule has 0 aliphatic rings. The topological polar surface area (TPSA) is 91.8 Å². The summed E-state index contributed by atoms with van der Waals surface area (Å²) in [5, 5.41) is 25.7. The van der Waals surface area contributed by atoms with E-state index in [1.54, 1.807) is 29.7 Å². The Bertz CT molecular complexity index is 649. The number of rotatable bonds is 5. The van der Waals surface area contributed by atoms with Crippen molar-refractivity contribution in [2.24, 2.45) is 0 Å². The summed E-state index contributed by atoms with van der Waals surface area (Å²) in [4.78, 5) is 14.7. The predicted octanol–water partition coefficient (Wildman–Crippen LogP) is 3.14. The number of nitro groups is 1. The second kappa shape index (κ2) is 6.12. The Hall–Kier alpha value is -2.46. The first-order valence-corrected chi connectivity index (χ1v) is 6.81. The Kier molecular flexibility index (Phi) is 4.27. The molecule has 102 valence electrons. The second-order valence-corrected chi connectivity index (χ2v) is 5.18. The van der Waals surface area contributed by atoms with Gasteiger partial charge in [0.05, 0.1) is 21.6 Å². The average molecular weight is 288 g/mol. The molecule has 0 saturated carbocycles. The van der Waals surface area contributed by atoms with Crippen LogP contribution in [0.25, 0.3) is 0 Å². The van der Waals surface area contributed by atoms with E-state index in [0.29, 0.717) is 12.2 Å². The summed E-state index contributed by atoms with van der Waals surface area (Å²) in [6.07, 6.45) is 1.74. The normalized spacial score (nSPS) is 11.6. The number of nitrogens with zero attached hydrogens (tertiary/aromatic N) is 3. The summed E-state index contributed by atoms with van der Waals surface area (Å²) < 4.78 is 0. The van der Waals surface area contributed by atoms with Crippen LogP contribution in [-0.4, -0.2) is 16.5 Å². The lowest BCUT2D eigenvalue weighted by molar-refractivity contribution is -0.384. The van der Waals surface area contributed by atoms with Crippen molar-refractivity contribution in [2.75, 3.05) is 11.9 Å². The molecule has 6 nitrogen and oxygen atoms in total. The lowest BCUT2D eigenvalue weighted by Gasteiger charge is -2.11. The SMILES string of the molecule is CC(CNc1ccc(C#N)cc1[N+](=O)[O-])c1nccs1. The van der Waals surface area contributed by atoms with Gasteiger partial charge in [0.1, 0.15) is 5.69 Å². The van der Waals surface area contributed by atoms with E-state index in [-0.39, 0.29) is 17.2 Å². The summed E-state index contributed by atoms with van der Waals surface area (Å²) in [7, 11) is 0. The van der Waals surface area contributed by atoms with E-state index in [1.807, 2.05) is 18.4 Å². The number of thiazole rings is 1. The molecule has 0 fully saturated rings. The minimum atomic E-state index is -0.489. The van der Waals surface area contributed by atoms with Crippen LogP contribution in [0.15, 0.2) is 29.8 Å². The van der Waals surface area contributed by atoms with E-state index in [2.05, 4.69) is 10.3 Å². The molecule has 1 N–H and O–H groups in total. The van der Waals surface area contributed by atoms with Gasteiger partial charge in [0.2, 0.25) is 0 Å². The monoisotopic (exact) mass is 288 g/mol. The van der Waals surface area contributed by atoms with E-state index in [4.69, 9.17) is 5.26 Å². The van der Waals surface area contributed by atoms with Gasteiger partial charge in [-0.1, -0.05) is 6.92 Å². The van der Waals surface area contributed by atoms with Crippen molar-refractivity contribution in [3.8, 4) is 6.07 Å². The molecule has 20 heavy (non-hydrogen) atoms. The van der Waals surface area contributed by atoms with E-state index in [1.165, 1.54) is 6.07 Å². The lowest BCUT2D eigenvalue weighted by Crippen LogP contribution is -2.11. The van der Waals surface area contributed by atoms with Crippen LogP contribution in [0, 0.1) is 21.4 Å². The molecule has 1 aromatic carbocycles. The highest BCUT2D eigenvalue weighted by Crippen LogP contribution is 2.26. The van der Waals surface area contributed by atoms with Gasteiger partial charge in [-0.25, -0.2) is 4.98 Å². The Labute approximate surface area is 119 Å². The van der Waals surface area contributed by atoms with Crippen LogP contribution >= 0.6 is 11.3 Å². The van der Waals surface area contributed by atoms with Crippen molar-refractivity contribution in [1.82, 2.24) is 4.98 Å². The summed E-state index contributed by atoms with van der Waals surface area (Å²) >= 11 is 1.55. The van der Waals surface area contributed by atoms with Gasteiger partial charge in [0, 0.05) is 30.1 Å². The molecule has 0 aliphatic carbocycles. The minimum absolute atomic E-state index is 0.0876. The quantitative estimate of drug-likeness (QED) is 0.674.